The molecule has 1 heterocycles. The van der Waals surface area contributed by atoms with Crippen LogP contribution in [0.1, 0.15) is 29.6 Å². The van der Waals surface area contributed by atoms with Crippen LogP contribution in [-0.4, -0.2) is 17.5 Å². The van der Waals surface area contributed by atoms with E-state index in [1.165, 1.54) is 6.42 Å². The van der Waals surface area contributed by atoms with E-state index in [1.54, 1.807) is 12.1 Å². The minimum Gasteiger partial charge on any atom is -0.321 e. The highest BCUT2D eigenvalue weighted by molar-refractivity contribution is 5.96. The predicted octanol–water partition coefficient (Wildman–Crippen LogP) is 1.99. The molecular formula is C15H16N2O3. The molecular weight excluding hydrogens is 256 g/mol. The summed E-state index contributed by atoms with van der Waals surface area (Å²) in [6.45, 7) is 0.511. The quantitative estimate of drug-likeness (QED) is 0.836. The molecule has 0 saturated heterocycles. The Balaban J connectivity index is 1.73. The number of hydrogen-bond donors (Lipinski definition) is 2. The van der Waals surface area contributed by atoms with Gasteiger partial charge in [0.05, 0.1) is 6.61 Å². The van der Waals surface area contributed by atoms with Crippen molar-refractivity contribution in [2.75, 3.05) is 6.61 Å². The van der Waals surface area contributed by atoms with Crippen molar-refractivity contribution in [2.45, 2.75) is 19.3 Å². The van der Waals surface area contributed by atoms with Crippen molar-refractivity contribution >= 4 is 16.8 Å². The highest BCUT2D eigenvalue weighted by atomic mass is 16.7. The van der Waals surface area contributed by atoms with Crippen molar-refractivity contribution < 1.29 is 9.63 Å². The van der Waals surface area contributed by atoms with Crippen LogP contribution in [0.2, 0.25) is 0 Å². The Morgan fingerprint density at radius 3 is 2.90 bits per heavy atom. The van der Waals surface area contributed by atoms with E-state index in [2.05, 4.69) is 10.5 Å². The van der Waals surface area contributed by atoms with E-state index >= 15 is 0 Å². The van der Waals surface area contributed by atoms with E-state index in [4.69, 9.17) is 4.84 Å². The van der Waals surface area contributed by atoms with Crippen molar-refractivity contribution in [1.29, 1.82) is 0 Å². The summed E-state index contributed by atoms with van der Waals surface area (Å²) in [5.74, 6) is 0.0292. The zero-order valence-electron chi connectivity index (χ0n) is 11.0. The predicted molar refractivity (Wildman–Crippen MR) is 75.3 cm³/mol. The van der Waals surface area contributed by atoms with Crippen LogP contribution in [0.15, 0.2) is 35.1 Å². The largest absolute Gasteiger partial charge is 0.321 e. The molecule has 0 radical (unpaired) electrons. The van der Waals surface area contributed by atoms with Crippen molar-refractivity contribution in [3.63, 3.8) is 0 Å². The third-order valence-electron chi connectivity index (χ3n) is 3.71. The molecule has 20 heavy (non-hydrogen) atoms. The molecule has 2 N–H and O–H groups in total. The Labute approximate surface area is 115 Å². The van der Waals surface area contributed by atoms with Crippen molar-refractivity contribution in [3.05, 3.63) is 46.2 Å². The summed E-state index contributed by atoms with van der Waals surface area (Å²) in [5, 5.41) is 0.816. The van der Waals surface area contributed by atoms with Gasteiger partial charge in [-0.25, -0.2) is 5.48 Å². The van der Waals surface area contributed by atoms with Crippen LogP contribution < -0.4 is 11.0 Å². The number of benzene rings is 1. The second-order valence-corrected chi connectivity index (χ2v) is 5.14. The van der Waals surface area contributed by atoms with Gasteiger partial charge in [0, 0.05) is 5.52 Å². The Hall–Kier alpha value is -2.14. The number of hydrogen-bond acceptors (Lipinski definition) is 3. The van der Waals surface area contributed by atoms with Crippen LogP contribution >= 0.6 is 0 Å². The first-order valence-corrected chi connectivity index (χ1v) is 6.78. The molecule has 1 fully saturated rings. The molecule has 5 nitrogen and oxygen atoms in total. The van der Waals surface area contributed by atoms with E-state index in [0.717, 1.165) is 18.2 Å². The van der Waals surface area contributed by atoms with Crippen LogP contribution in [0, 0.1) is 5.92 Å². The molecule has 0 bridgehead atoms. The number of nitrogens with one attached hydrogen (secondary N) is 2. The second-order valence-electron chi connectivity index (χ2n) is 5.14. The number of H-pyrrole nitrogens is 1. The number of para-hydroxylation sites is 1. The van der Waals surface area contributed by atoms with Gasteiger partial charge in [0.2, 0.25) is 0 Å². The molecule has 0 aliphatic heterocycles. The lowest BCUT2D eigenvalue weighted by atomic mass is 9.86. The summed E-state index contributed by atoms with van der Waals surface area (Å²) in [4.78, 5) is 31.7. The number of amides is 1. The summed E-state index contributed by atoms with van der Waals surface area (Å²) in [7, 11) is 0. The third kappa shape index (κ3) is 2.58. The molecule has 1 aliphatic carbocycles. The van der Waals surface area contributed by atoms with E-state index in [1.807, 2.05) is 18.2 Å². The highest BCUT2D eigenvalue weighted by Gasteiger charge is 2.18. The van der Waals surface area contributed by atoms with E-state index < -0.39 is 11.5 Å². The number of rotatable bonds is 4. The fourth-order valence-electron chi connectivity index (χ4n) is 2.26. The topological polar surface area (TPSA) is 71.2 Å². The lowest BCUT2D eigenvalue weighted by Crippen LogP contribution is -2.32. The van der Waals surface area contributed by atoms with Crippen molar-refractivity contribution in [3.8, 4) is 0 Å². The van der Waals surface area contributed by atoms with Crippen molar-refractivity contribution in [1.82, 2.24) is 10.5 Å². The number of pyridine rings is 1. The van der Waals surface area contributed by atoms with Gasteiger partial charge >= 0.3 is 0 Å². The minimum atomic E-state index is -0.503. The van der Waals surface area contributed by atoms with E-state index in [-0.39, 0.29) is 5.56 Å². The lowest BCUT2D eigenvalue weighted by Gasteiger charge is -2.24. The van der Waals surface area contributed by atoms with Gasteiger partial charge in [-0.05, 0) is 36.3 Å². The first kappa shape index (κ1) is 12.9. The molecule has 1 amide bonds. The average molecular weight is 272 g/mol. The van der Waals surface area contributed by atoms with Gasteiger partial charge in [-0.1, -0.05) is 24.6 Å². The number of hydroxylamine groups is 1. The smallest absolute Gasteiger partial charge is 0.280 e. The van der Waals surface area contributed by atoms with Gasteiger partial charge < -0.3 is 4.98 Å². The Bertz CT molecular complexity index is 689. The van der Waals surface area contributed by atoms with Gasteiger partial charge in [0.25, 0.3) is 11.5 Å². The maximum Gasteiger partial charge on any atom is 0.280 e. The van der Waals surface area contributed by atoms with Crippen LogP contribution in [0.3, 0.4) is 0 Å². The number of aromatic nitrogens is 1. The molecule has 1 aromatic heterocycles. The summed E-state index contributed by atoms with van der Waals surface area (Å²) in [6.07, 6.45) is 3.52. The Kier molecular flexibility index (Phi) is 3.52. The van der Waals surface area contributed by atoms with Crippen LogP contribution in [-0.2, 0) is 4.84 Å². The van der Waals surface area contributed by atoms with Gasteiger partial charge in [-0.2, -0.15) is 0 Å². The van der Waals surface area contributed by atoms with Gasteiger partial charge in [-0.15, -0.1) is 0 Å². The highest BCUT2D eigenvalue weighted by Crippen LogP contribution is 2.25. The molecule has 1 aliphatic rings. The summed E-state index contributed by atoms with van der Waals surface area (Å²) < 4.78 is 0. The molecule has 0 atom stereocenters. The number of carbonyl (C=O) groups excluding carboxylic acids is 1. The summed E-state index contributed by atoms with van der Waals surface area (Å²) >= 11 is 0. The first-order valence-electron chi connectivity index (χ1n) is 6.78. The second kappa shape index (κ2) is 5.46. The van der Waals surface area contributed by atoms with Gasteiger partial charge in [0.1, 0.15) is 5.56 Å². The number of carbonyl (C=O) groups is 1. The molecule has 1 saturated carbocycles. The minimum absolute atomic E-state index is 0.0670. The van der Waals surface area contributed by atoms with Crippen LogP contribution in [0.25, 0.3) is 10.9 Å². The maximum absolute atomic E-state index is 11.9. The first-order chi connectivity index (χ1) is 9.74. The number of fused-ring (bicyclic) bond motifs is 1. The van der Waals surface area contributed by atoms with E-state index in [0.29, 0.717) is 18.0 Å². The van der Waals surface area contributed by atoms with Crippen LogP contribution in [0.5, 0.6) is 0 Å². The Morgan fingerprint density at radius 2 is 2.15 bits per heavy atom. The Morgan fingerprint density at radius 1 is 1.35 bits per heavy atom. The molecule has 5 heteroatoms. The SMILES string of the molecule is O=C(NOCC1CCC1)c1cc2ccccc2[nH]c1=O. The van der Waals surface area contributed by atoms with Gasteiger partial charge in [-0.3, -0.25) is 14.4 Å². The third-order valence-corrected chi connectivity index (χ3v) is 3.71. The molecule has 104 valence electrons. The zero-order valence-corrected chi connectivity index (χ0v) is 11.0. The normalized spacial score (nSPS) is 15.0. The summed E-state index contributed by atoms with van der Waals surface area (Å²) in [6, 6.07) is 8.91. The number of aromatic amines is 1. The molecule has 1 aromatic carbocycles. The monoisotopic (exact) mass is 272 g/mol. The molecule has 2 aromatic rings. The molecule has 0 unspecified atom stereocenters. The maximum atomic E-state index is 11.9. The fourth-order valence-corrected chi connectivity index (χ4v) is 2.26. The zero-order chi connectivity index (χ0) is 13.9. The molecule has 3 rings (SSSR count). The van der Waals surface area contributed by atoms with E-state index in [9.17, 15) is 9.59 Å². The van der Waals surface area contributed by atoms with Crippen molar-refractivity contribution in [2.24, 2.45) is 5.92 Å². The molecule has 0 spiro atoms. The average Bonchev–Trinajstić information content (AvgIpc) is 2.40. The summed E-state index contributed by atoms with van der Waals surface area (Å²) in [5.41, 5.74) is 2.72. The van der Waals surface area contributed by atoms with Crippen LogP contribution in [0.4, 0.5) is 0 Å². The standard InChI is InChI=1S/C15H16N2O3/c18-14-12(8-11-6-1-2-7-13(11)16-14)15(19)17-20-9-10-4-3-5-10/h1-2,6-8,10H,3-5,9H2,(H,16,18)(H,17,19). The lowest BCUT2D eigenvalue weighted by molar-refractivity contribution is 0.00310. The van der Waals surface area contributed by atoms with Gasteiger partial charge in [0.15, 0.2) is 0 Å². The fraction of sp³-hybridized carbons (Fsp3) is 0.333.